The van der Waals surface area contributed by atoms with Gasteiger partial charge >= 0.3 is 0 Å². The Morgan fingerprint density at radius 2 is 2.41 bits per heavy atom. The van der Waals surface area contributed by atoms with Gasteiger partial charge in [0, 0.05) is 12.6 Å². The molecule has 0 fully saturated rings. The zero-order chi connectivity index (χ0) is 12.8. The Hall–Kier alpha value is -0.920. The fourth-order valence-electron chi connectivity index (χ4n) is 1.28. The Morgan fingerprint density at radius 1 is 1.71 bits per heavy atom. The summed E-state index contributed by atoms with van der Waals surface area (Å²) in [6, 6.07) is 0.115. The second-order valence-corrected chi connectivity index (χ2v) is 4.61. The molecule has 0 saturated heterocycles. The lowest BCUT2D eigenvalue weighted by atomic mass is 10.2. The van der Waals surface area contributed by atoms with Gasteiger partial charge in [0.15, 0.2) is 0 Å². The maximum atomic E-state index is 11.8. The zero-order valence-corrected chi connectivity index (χ0v) is 11.3. The number of anilines is 1. The molecule has 0 spiro atoms. The van der Waals surface area contributed by atoms with Crippen molar-refractivity contribution in [3.63, 3.8) is 0 Å². The maximum Gasteiger partial charge on any atom is 0.283 e. The summed E-state index contributed by atoms with van der Waals surface area (Å²) >= 11 is 3.22. The molecule has 17 heavy (non-hydrogen) atoms. The maximum absolute atomic E-state index is 11.8. The van der Waals surface area contributed by atoms with Crippen LogP contribution in [-0.4, -0.2) is 34.1 Å². The number of halogens is 1. The van der Waals surface area contributed by atoms with Crippen molar-refractivity contribution >= 4 is 21.6 Å². The summed E-state index contributed by atoms with van der Waals surface area (Å²) in [4.78, 5) is 11.8. The van der Waals surface area contributed by atoms with Gasteiger partial charge in [-0.1, -0.05) is 0 Å². The van der Waals surface area contributed by atoms with Crippen molar-refractivity contribution in [2.75, 3.05) is 18.5 Å². The monoisotopic (exact) mass is 304 g/mol. The Morgan fingerprint density at radius 3 is 3.00 bits per heavy atom. The van der Waals surface area contributed by atoms with Gasteiger partial charge in [-0.05, 0) is 29.3 Å². The summed E-state index contributed by atoms with van der Waals surface area (Å²) in [6.45, 7) is 2.68. The first-order chi connectivity index (χ1) is 8.06. The highest BCUT2D eigenvalue weighted by Crippen LogP contribution is 2.15. The van der Waals surface area contributed by atoms with Gasteiger partial charge in [0.05, 0.1) is 25.0 Å². The fourth-order valence-corrected chi connectivity index (χ4v) is 1.72. The summed E-state index contributed by atoms with van der Waals surface area (Å²) < 4.78 is 1.63. The van der Waals surface area contributed by atoms with Crippen molar-refractivity contribution in [2.24, 2.45) is 5.73 Å². The largest absolute Gasteiger partial charge is 0.394 e. The standard InChI is InChI=1S/C10H17BrN4O2/c1-7(12)2-3-13-8-6-14-15(4-5-16)10(17)9(8)11/h6-7,13,16H,2-5,12H2,1H3. The van der Waals surface area contributed by atoms with Crippen LogP contribution in [0.1, 0.15) is 13.3 Å². The molecule has 0 aliphatic heterocycles. The molecule has 1 heterocycles. The van der Waals surface area contributed by atoms with E-state index < -0.39 is 0 Å². The number of hydrogen-bond donors (Lipinski definition) is 3. The summed E-state index contributed by atoms with van der Waals surface area (Å²) in [5, 5.41) is 15.8. The van der Waals surface area contributed by atoms with Crippen LogP contribution in [0, 0.1) is 0 Å². The Labute approximate surface area is 108 Å². The molecule has 1 aromatic rings. The van der Waals surface area contributed by atoms with Crippen molar-refractivity contribution < 1.29 is 5.11 Å². The summed E-state index contributed by atoms with van der Waals surface area (Å²) in [6.07, 6.45) is 2.37. The Balaban J connectivity index is 2.75. The van der Waals surface area contributed by atoms with Crippen molar-refractivity contribution in [2.45, 2.75) is 25.9 Å². The number of nitrogens with zero attached hydrogens (tertiary/aromatic N) is 2. The zero-order valence-electron chi connectivity index (χ0n) is 9.69. The van der Waals surface area contributed by atoms with E-state index in [0.29, 0.717) is 16.7 Å². The average molecular weight is 305 g/mol. The predicted octanol–water partition coefficient (Wildman–Crippen LogP) is 0.147. The van der Waals surface area contributed by atoms with Gasteiger partial charge in [0.25, 0.3) is 5.56 Å². The summed E-state index contributed by atoms with van der Waals surface area (Å²) in [5.74, 6) is 0. The van der Waals surface area contributed by atoms with Gasteiger partial charge in [-0.2, -0.15) is 5.10 Å². The highest BCUT2D eigenvalue weighted by atomic mass is 79.9. The van der Waals surface area contributed by atoms with E-state index in [-0.39, 0.29) is 24.8 Å². The molecule has 7 heteroatoms. The molecule has 1 atom stereocenters. The van der Waals surface area contributed by atoms with Crippen molar-refractivity contribution in [1.82, 2.24) is 9.78 Å². The number of aliphatic hydroxyl groups is 1. The molecule has 6 nitrogen and oxygen atoms in total. The first-order valence-electron chi connectivity index (χ1n) is 5.42. The fraction of sp³-hybridized carbons (Fsp3) is 0.600. The van der Waals surface area contributed by atoms with Gasteiger partial charge < -0.3 is 16.2 Å². The third-order valence-electron chi connectivity index (χ3n) is 2.21. The van der Waals surface area contributed by atoms with E-state index in [4.69, 9.17) is 10.8 Å². The molecule has 0 radical (unpaired) electrons. The van der Waals surface area contributed by atoms with Crippen LogP contribution in [-0.2, 0) is 6.54 Å². The predicted molar refractivity (Wildman–Crippen MR) is 70.0 cm³/mol. The van der Waals surface area contributed by atoms with E-state index in [1.165, 1.54) is 4.68 Å². The van der Waals surface area contributed by atoms with E-state index >= 15 is 0 Å². The Bertz CT molecular complexity index is 419. The Kier molecular flexibility index (Phi) is 5.60. The topological polar surface area (TPSA) is 93.2 Å². The van der Waals surface area contributed by atoms with Crippen molar-refractivity contribution in [3.8, 4) is 0 Å². The quantitative estimate of drug-likeness (QED) is 0.695. The molecule has 1 unspecified atom stereocenters. The number of aromatic nitrogens is 2. The number of nitrogens with one attached hydrogen (secondary N) is 1. The lowest BCUT2D eigenvalue weighted by molar-refractivity contribution is 0.266. The minimum absolute atomic E-state index is 0.114. The van der Waals surface area contributed by atoms with Crippen LogP contribution in [0.4, 0.5) is 5.69 Å². The lowest BCUT2D eigenvalue weighted by Crippen LogP contribution is -2.26. The molecule has 0 saturated carbocycles. The third kappa shape index (κ3) is 4.10. The van der Waals surface area contributed by atoms with Crippen molar-refractivity contribution in [3.05, 3.63) is 21.0 Å². The van der Waals surface area contributed by atoms with Crippen LogP contribution in [0.3, 0.4) is 0 Å². The summed E-state index contributed by atoms with van der Waals surface area (Å²) in [5.41, 5.74) is 6.01. The molecule has 0 aliphatic rings. The highest BCUT2D eigenvalue weighted by Gasteiger charge is 2.08. The van der Waals surface area contributed by atoms with E-state index in [1.54, 1.807) is 6.20 Å². The van der Waals surface area contributed by atoms with E-state index in [0.717, 1.165) is 6.42 Å². The minimum Gasteiger partial charge on any atom is -0.394 e. The molecule has 1 rings (SSSR count). The van der Waals surface area contributed by atoms with Gasteiger partial charge in [-0.3, -0.25) is 4.79 Å². The molecule has 1 aromatic heterocycles. The average Bonchev–Trinajstić information content (AvgIpc) is 2.28. The molecule has 96 valence electrons. The molecule has 0 bridgehead atoms. The van der Waals surface area contributed by atoms with Gasteiger partial charge in [-0.25, -0.2) is 4.68 Å². The van der Waals surface area contributed by atoms with E-state index in [1.807, 2.05) is 6.92 Å². The summed E-state index contributed by atoms with van der Waals surface area (Å²) in [7, 11) is 0. The molecule has 0 aromatic carbocycles. The first-order valence-corrected chi connectivity index (χ1v) is 6.21. The minimum atomic E-state index is -0.259. The second kappa shape index (κ2) is 6.73. The normalized spacial score (nSPS) is 12.5. The number of nitrogens with two attached hydrogens (primary N) is 1. The van der Waals surface area contributed by atoms with Crippen LogP contribution >= 0.6 is 15.9 Å². The van der Waals surface area contributed by atoms with Crippen molar-refractivity contribution in [1.29, 1.82) is 0 Å². The van der Waals surface area contributed by atoms with Gasteiger partial charge in [0.1, 0.15) is 4.47 Å². The molecular weight excluding hydrogens is 288 g/mol. The van der Waals surface area contributed by atoms with Crippen LogP contribution in [0.15, 0.2) is 15.5 Å². The van der Waals surface area contributed by atoms with Gasteiger partial charge in [0.2, 0.25) is 0 Å². The third-order valence-corrected chi connectivity index (χ3v) is 2.98. The van der Waals surface area contributed by atoms with Crippen LogP contribution in [0.5, 0.6) is 0 Å². The highest BCUT2D eigenvalue weighted by molar-refractivity contribution is 9.10. The number of rotatable bonds is 6. The van der Waals surface area contributed by atoms with Crippen LogP contribution < -0.4 is 16.6 Å². The lowest BCUT2D eigenvalue weighted by Gasteiger charge is -2.10. The van der Waals surface area contributed by atoms with E-state index in [9.17, 15) is 4.79 Å². The smallest absolute Gasteiger partial charge is 0.283 e. The van der Waals surface area contributed by atoms with Crippen LogP contribution in [0.2, 0.25) is 0 Å². The first kappa shape index (κ1) is 14.1. The van der Waals surface area contributed by atoms with Crippen LogP contribution in [0.25, 0.3) is 0 Å². The molecule has 4 N–H and O–H groups in total. The number of hydrogen-bond acceptors (Lipinski definition) is 5. The molecule has 0 amide bonds. The number of aliphatic hydroxyl groups excluding tert-OH is 1. The second-order valence-electron chi connectivity index (χ2n) is 3.82. The van der Waals surface area contributed by atoms with E-state index in [2.05, 4.69) is 26.3 Å². The SMILES string of the molecule is CC(N)CCNc1cnn(CCO)c(=O)c1Br. The van der Waals surface area contributed by atoms with Gasteiger partial charge in [-0.15, -0.1) is 0 Å². The molecular formula is C10H17BrN4O2. The molecule has 0 aliphatic carbocycles.